The van der Waals surface area contributed by atoms with Gasteiger partial charge in [0.05, 0.1) is 22.1 Å². The van der Waals surface area contributed by atoms with Gasteiger partial charge >= 0.3 is 0 Å². The van der Waals surface area contributed by atoms with Gasteiger partial charge in [-0.1, -0.05) is 139 Å². The SMILES string of the molecule is CC1(C)CCC(C)(C)c2cc3c(cc21)c1cc2c(cc1n3-c1ccc(-c3ccc4c(c3)-c3ccccc3C4(C)C)cc1)c1c3ccccc3ccc1n2-c1ccccc1. The summed E-state index contributed by atoms with van der Waals surface area (Å²) < 4.78 is 5.04. The summed E-state index contributed by atoms with van der Waals surface area (Å²) >= 11 is 0. The van der Waals surface area contributed by atoms with E-state index in [2.05, 4.69) is 208 Å². The van der Waals surface area contributed by atoms with Crippen LogP contribution in [0.4, 0.5) is 0 Å². The van der Waals surface area contributed by atoms with Gasteiger partial charge in [-0.25, -0.2) is 0 Å². The normalized spacial score (nSPS) is 16.2. The first-order valence-corrected chi connectivity index (χ1v) is 21.4. The zero-order valence-electron chi connectivity index (χ0n) is 34.8. The van der Waals surface area contributed by atoms with E-state index < -0.39 is 0 Å². The van der Waals surface area contributed by atoms with Crippen molar-refractivity contribution < 1.29 is 0 Å². The number of aromatic nitrogens is 2. The van der Waals surface area contributed by atoms with Gasteiger partial charge in [0.25, 0.3) is 0 Å². The molecule has 59 heavy (non-hydrogen) atoms. The van der Waals surface area contributed by atoms with Gasteiger partial charge in [-0.3, -0.25) is 0 Å². The Balaban J connectivity index is 1.14. The topological polar surface area (TPSA) is 9.86 Å². The zero-order valence-corrected chi connectivity index (χ0v) is 34.8. The van der Waals surface area contributed by atoms with Crippen LogP contribution in [0, 0.1) is 0 Å². The summed E-state index contributed by atoms with van der Waals surface area (Å²) in [4.78, 5) is 0. The molecule has 0 fully saturated rings. The molecular formula is C57H48N2. The van der Waals surface area contributed by atoms with Crippen LogP contribution in [0.5, 0.6) is 0 Å². The third-order valence-electron chi connectivity index (χ3n) is 14.6. The monoisotopic (exact) mass is 760 g/mol. The van der Waals surface area contributed by atoms with Crippen molar-refractivity contribution in [1.82, 2.24) is 9.13 Å². The van der Waals surface area contributed by atoms with Crippen molar-refractivity contribution >= 4 is 54.4 Å². The molecule has 0 bridgehead atoms. The molecule has 10 aromatic rings. The molecule has 0 saturated carbocycles. The summed E-state index contributed by atoms with van der Waals surface area (Å²) in [5.41, 5.74) is 18.6. The van der Waals surface area contributed by atoms with Crippen molar-refractivity contribution in [1.29, 1.82) is 0 Å². The Kier molecular flexibility index (Phi) is 6.96. The molecule has 0 saturated heterocycles. The Hall–Kier alpha value is -6.38. The summed E-state index contributed by atoms with van der Waals surface area (Å²) in [7, 11) is 0. The van der Waals surface area contributed by atoms with E-state index in [4.69, 9.17) is 0 Å². The van der Waals surface area contributed by atoms with E-state index in [0.29, 0.717) is 0 Å². The molecule has 2 heteroatoms. The van der Waals surface area contributed by atoms with Crippen LogP contribution in [0.15, 0.2) is 158 Å². The maximum atomic E-state index is 2.57. The molecule has 0 N–H and O–H groups in total. The van der Waals surface area contributed by atoms with E-state index in [-0.39, 0.29) is 16.2 Å². The molecule has 0 unspecified atom stereocenters. The molecule has 0 spiro atoms. The fourth-order valence-electron chi connectivity index (χ4n) is 11.2. The summed E-state index contributed by atoms with van der Waals surface area (Å²) in [6.07, 6.45) is 2.37. The standard InChI is InChI=1S/C57H48N2/c1-55(2)28-29-56(3,4)49-34-53-43(31-48(49)55)44-32-52-45(54-40-17-11-10-14-36(40)23-27-50(54)58(52)38-15-8-7-9-16-38)33-51(44)59(53)39-24-20-35(21-25-39)37-22-26-47-42(30-37)41-18-12-13-19-46(41)57(47,5)6/h7-27,30-34H,28-29H2,1-6H3. The number of para-hydroxylation sites is 1. The van der Waals surface area contributed by atoms with Gasteiger partial charge in [-0.05, 0) is 140 Å². The van der Waals surface area contributed by atoms with Crippen molar-refractivity contribution in [2.24, 2.45) is 0 Å². The summed E-state index contributed by atoms with van der Waals surface area (Å²) in [5.74, 6) is 0. The minimum absolute atomic E-state index is 0.00107. The molecule has 0 amide bonds. The van der Waals surface area contributed by atoms with E-state index in [1.807, 2.05) is 0 Å². The van der Waals surface area contributed by atoms with E-state index in [0.717, 1.165) is 0 Å². The summed E-state index contributed by atoms with van der Waals surface area (Å²) in [5, 5.41) is 7.75. The third kappa shape index (κ3) is 4.81. The molecule has 2 aromatic heterocycles. The second kappa shape index (κ2) is 11.9. The van der Waals surface area contributed by atoms with E-state index >= 15 is 0 Å². The van der Waals surface area contributed by atoms with Gasteiger partial charge in [-0.2, -0.15) is 0 Å². The largest absolute Gasteiger partial charge is 0.309 e. The number of hydrogen-bond donors (Lipinski definition) is 0. The van der Waals surface area contributed by atoms with Gasteiger partial charge in [0.15, 0.2) is 0 Å². The molecule has 2 aliphatic carbocycles. The van der Waals surface area contributed by atoms with Crippen molar-refractivity contribution in [2.45, 2.75) is 70.6 Å². The fraction of sp³-hybridized carbons (Fsp3) is 0.193. The van der Waals surface area contributed by atoms with Crippen LogP contribution in [0.1, 0.15) is 76.6 Å². The number of hydrogen-bond acceptors (Lipinski definition) is 0. The lowest BCUT2D eigenvalue weighted by atomic mass is 9.63. The van der Waals surface area contributed by atoms with Gasteiger partial charge in [-0.15, -0.1) is 0 Å². The third-order valence-corrected chi connectivity index (χ3v) is 14.6. The van der Waals surface area contributed by atoms with E-state index in [9.17, 15) is 0 Å². The molecule has 286 valence electrons. The van der Waals surface area contributed by atoms with E-state index in [1.54, 1.807) is 0 Å². The van der Waals surface area contributed by atoms with Gasteiger partial charge < -0.3 is 9.13 Å². The van der Waals surface area contributed by atoms with Crippen LogP contribution in [-0.4, -0.2) is 9.13 Å². The van der Waals surface area contributed by atoms with Crippen LogP contribution < -0.4 is 0 Å². The molecule has 0 radical (unpaired) electrons. The lowest BCUT2D eigenvalue weighted by molar-refractivity contribution is 0.332. The molecule has 2 heterocycles. The van der Waals surface area contributed by atoms with Gasteiger partial charge in [0.2, 0.25) is 0 Å². The maximum Gasteiger partial charge on any atom is 0.0549 e. The quantitative estimate of drug-likeness (QED) is 0.170. The smallest absolute Gasteiger partial charge is 0.0549 e. The highest BCUT2D eigenvalue weighted by Gasteiger charge is 2.38. The predicted molar refractivity (Wildman–Crippen MR) is 251 cm³/mol. The first-order valence-electron chi connectivity index (χ1n) is 21.4. The number of rotatable bonds is 3. The van der Waals surface area contributed by atoms with Crippen molar-refractivity contribution in [3.8, 4) is 33.6 Å². The summed E-state index contributed by atoms with van der Waals surface area (Å²) in [6.45, 7) is 14.5. The Bertz CT molecular complexity index is 3390. The molecular weight excluding hydrogens is 713 g/mol. The summed E-state index contributed by atoms with van der Waals surface area (Å²) in [6, 6.07) is 59.9. The van der Waals surface area contributed by atoms with Gasteiger partial charge in [0, 0.05) is 38.3 Å². The molecule has 8 aromatic carbocycles. The molecule has 0 aliphatic heterocycles. The van der Waals surface area contributed by atoms with Crippen molar-refractivity contribution in [3.05, 3.63) is 180 Å². The minimum atomic E-state index is -0.00107. The lowest BCUT2D eigenvalue weighted by Gasteiger charge is -2.42. The highest BCUT2D eigenvalue weighted by atomic mass is 15.0. The van der Waals surface area contributed by atoms with Crippen LogP contribution in [0.25, 0.3) is 88.0 Å². The van der Waals surface area contributed by atoms with Crippen molar-refractivity contribution in [2.75, 3.05) is 0 Å². The highest BCUT2D eigenvalue weighted by Crippen LogP contribution is 2.51. The van der Waals surface area contributed by atoms with Crippen LogP contribution in [0.3, 0.4) is 0 Å². The van der Waals surface area contributed by atoms with Gasteiger partial charge in [0.1, 0.15) is 0 Å². The van der Waals surface area contributed by atoms with Crippen molar-refractivity contribution in [3.63, 3.8) is 0 Å². The first-order chi connectivity index (χ1) is 28.5. The average Bonchev–Trinajstić information content (AvgIpc) is 3.83. The lowest BCUT2D eigenvalue weighted by Crippen LogP contribution is -2.33. The fourth-order valence-corrected chi connectivity index (χ4v) is 11.2. The highest BCUT2D eigenvalue weighted by molar-refractivity contribution is 6.25. The number of fused-ring (bicyclic) bond motifs is 12. The number of benzene rings is 8. The average molecular weight is 761 g/mol. The molecule has 2 aliphatic rings. The zero-order chi connectivity index (χ0) is 40.0. The Morgan fingerprint density at radius 1 is 0.373 bits per heavy atom. The Morgan fingerprint density at radius 2 is 0.949 bits per heavy atom. The molecule has 0 atom stereocenters. The maximum absolute atomic E-state index is 2.57. The first kappa shape index (κ1) is 34.6. The minimum Gasteiger partial charge on any atom is -0.309 e. The molecule has 12 rings (SSSR count). The second-order valence-electron chi connectivity index (χ2n) is 19.2. The van der Waals surface area contributed by atoms with Crippen LogP contribution in [-0.2, 0) is 16.2 Å². The van der Waals surface area contributed by atoms with Crippen LogP contribution >= 0.6 is 0 Å². The molecule has 2 nitrogen and oxygen atoms in total. The van der Waals surface area contributed by atoms with E-state index in [1.165, 1.54) is 123 Å². The predicted octanol–water partition coefficient (Wildman–Crippen LogP) is 15.4. The van der Waals surface area contributed by atoms with Crippen LogP contribution in [0.2, 0.25) is 0 Å². The Labute approximate surface area is 346 Å². The Morgan fingerprint density at radius 3 is 1.75 bits per heavy atom. The second-order valence-corrected chi connectivity index (χ2v) is 19.2. The number of nitrogens with zero attached hydrogens (tertiary/aromatic N) is 2.